The summed E-state index contributed by atoms with van der Waals surface area (Å²) in [6.07, 6.45) is 5.01. The number of rotatable bonds is 5. The molecule has 1 heterocycles. The predicted molar refractivity (Wildman–Crippen MR) is 97.2 cm³/mol. The van der Waals surface area contributed by atoms with Crippen LogP contribution in [-0.4, -0.2) is 15.9 Å². The maximum absolute atomic E-state index is 13.1. The van der Waals surface area contributed by atoms with Crippen molar-refractivity contribution in [2.24, 2.45) is 5.92 Å². The average Bonchev–Trinajstić information content (AvgIpc) is 2.53. The van der Waals surface area contributed by atoms with Crippen LogP contribution in [0.15, 0.2) is 29.1 Å². The molecule has 0 aliphatic carbocycles. The highest BCUT2D eigenvalue weighted by atomic mass is 16.5. The van der Waals surface area contributed by atoms with Gasteiger partial charge in [-0.3, -0.25) is 4.79 Å². The first kappa shape index (κ1) is 17.8. The zero-order valence-corrected chi connectivity index (χ0v) is 15.0. The Morgan fingerprint density at radius 2 is 1.92 bits per heavy atom. The van der Waals surface area contributed by atoms with Crippen LogP contribution in [0.3, 0.4) is 0 Å². The van der Waals surface area contributed by atoms with Gasteiger partial charge in [0.25, 0.3) is 5.56 Å². The van der Waals surface area contributed by atoms with Crippen LogP contribution in [0.5, 0.6) is 5.75 Å². The van der Waals surface area contributed by atoms with Crippen molar-refractivity contribution in [3.8, 4) is 29.2 Å². The standard InChI is InChI=1S/C20H24N2O2/c1-7-15(5)24-19-16(6)21-22(12-13(2)3)20(23)18(19)17-11-9-8-10-14(17)4/h1,8-11,13,15H,12H2,2-6H3. The summed E-state index contributed by atoms with van der Waals surface area (Å²) in [5, 5.41) is 4.43. The van der Waals surface area contributed by atoms with Crippen molar-refractivity contribution < 1.29 is 4.74 Å². The molecular formula is C20H24N2O2. The van der Waals surface area contributed by atoms with E-state index in [9.17, 15) is 4.79 Å². The van der Waals surface area contributed by atoms with Crippen molar-refractivity contribution >= 4 is 0 Å². The summed E-state index contributed by atoms with van der Waals surface area (Å²) in [6.45, 7) is 10.3. The third-order valence-electron chi connectivity index (χ3n) is 3.76. The molecule has 126 valence electrons. The maximum Gasteiger partial charge on any atom is 0.278 e. The largest absolute Gasteiger partial charge is 0.475 e. The van der Waals surface area contributed by atoms with Gasteiger partial charge in [-0.15, -0.1) is 6.42 Å². The molecule has 0 spiro atoms. The third kappa shape index (κ3) is 3.68. The normalized spacial score (nSPS) is 12.0. The van der Waals surface area contributed by atoms with E-state index in [0.717, 1.165) is 11.1 Å². The van der Waals surface area contributed by atoms with Crippen LogP contribution in [0.1, 0.15) is 32.0 Å². The molecule has 4 heteroatoms. The van der Waals surface area contributed by atoms with E-state index in [1.165, 1.54) is 4.68 Å². The molecule has 0 amide bonds. The van der Waals surface area contributed by atoms with E-state index in [2.05, 4.69) is 24.9 Å². The Labute approximate surface area is 143 Å². The Bertz CT molecular complexity index is 829. The van der Waals surface area contributed by atoms with Crippen molar-refractivity contribution in [3.05, 3.63) is 45.9 Å². The summed E-state index contributed by atoms with van der Waals surface area (Å²) >= 11 is 0. The number of nitrogens with zero attached hydrogens (tertiary/aromatic N) is 2. The fourth-order valence-electron chi connectivity index (χ4n) is 2.59. The van der Waals surface area contributed by atoms with Gasteiger partial charge in [-0.05, 0) is 37.8 Å². The molecular weight excluding hydrogens is 300 g/mol. The fourth-order valence-corrected chi connectivity index (χ4v) is 2.59. The van der Waals surface area contributed by atoms with Crippen LogP contribution in [0.25, 0.3) is 11.1 Å². The second-order valence-corrected chi connectivity index (χ2v) is 6.41. The second kappa shape index (κ2) is 7.35. The topological polar surface area (TPSA) is 44.1 Å². The molecule has 24 heavy (non-hydrogen) atoms. The molecule has 0 aliphatic rings. The molecule has 0 bridgehead atoms. The fraction of sp³-hybridized carbons (Fsp3) is 0.400. The van der Waals surface area contributed by atoms with Gasteiger partial charge in [-0.1, -0.05) is 44.0 Å². The third-order valence-corrected chi connectivity index (χ3v) is 3.76. The minimum absolute atomic E-state index is 0.150. The van der Waals surface area contributed by atoms with Gasteiger partial charge in [0.1, 0.15) is 5.69 Å². The van der Waals surface area contributed by atoms with Gasteiger partial charge in [-0.25, -0.2) is 4.68 Å². The summed E-state index contributed by atoms with van der Waals surface area (Å²) in [7, 11) is 0. The van der Waals surface area contributed by atoms with E-state index in [-0.39, 0.29) is 5.56 Å². The molecule has 0 aliphatic heterocycles. The van der Waals surface area contributed by atoms with Crippen molar-refractivity contribution in [2.75, 3.05) is 0 Å². The molecule has 1 unspecified atom stereocenters. The molecule has 0 radical (unpaired) electrons. The lowest BCUT2D eigenvalue weighted by Crippen LogP contribution is -2.29. The Morgan fingerprint density at radius 3 is 2.50 bits per heavy atom. The van der Waals surface area contributed by atoms with E-state index < -0.39 is 6.10 Å². The van der Waals surface area contributed by atoms with Gasteiger partial charge in [0.05, 0.1) is 5.56 Å². The summed E-state index contributed by atoms with van der Waals surface area (Å²) in [5.41, 5.74) is 2.90. The SMILES string of the molecule is C#CC(C)Oc1c(C)nn(CC(C)C)c(=O)c1-c1ccccc1C. The van der Waals surface area contributed by atoms with Crippen LogP contribution < -0.4 is 10.3 Å². The second-order valence-electron chi connectivity index (χ2n) is 6.41. The van der Waals surface area contributed by atoms with Crippen LogP contribution in [-0.2, 0) is 6.54 Å². The minimum atomic E-state index is -0.436. The van der Waals surface area contributed by atoms with E-state index in [1.54, 1.807) is 6.92 Å². The molecule has 1 atom stereocenters. The quantitative estimate of drug-likeness (QED) is 0.790. The molecule has 4 nitrogen and oxygen atoms in total. The molecule has 0 saturated carbocycles. The molecule has 2 aromatic rings. The van der Waals surface area contributed by atoms with Gasteiger partial charge in [-0.2, -0.15) is 5.10 Å². The lowest BCUT2D eigenvalue weighted by molar-refractivity contribution is 0.273. The molecule has 0 saturated heterocycles. The number of hydrogen-bond donors (Lipinski definition) is 0. The Hall–Kier alpha value is -2.54. The highest BCUT2D eigenvalue weighted by molar-refractivity contribution is 5.73. The zero-order valence-electron chi connectivity index (χ0n) is 15.0. The van der Waals surface area contributed by atoms with Crippen molar-refractivity contribution in [1.29, 1.82) is 0 Å². The van der Waals surface area contributed by atoms with Gasteiger partial charge >= 0.3 is 0 Å². The van der Waals surface area contributed by atoms with Gasteiger partial charge in [0.2, 0.25) is 0 Å². The number of benzene rings is 1. The lowest BCUT2D eigenvalue weighted by Gasteiger charge is -2.19. The lowest BCUT2D eigenvalue weighted by atomic mass is 10.0. The van der Waals surface area contributed by atoms with Gasteiger partial charge in [0.15, 0.2) is 11.9 Å². The summed E-state index contributed by atoms with van der Waals surface area (Å²) < 4.78 is 7.39. The number of terminal acetylenes is 1. The van der Waals surface area contributed by atoms with E-state index >= 15 is 0 Å². The van der Waals surface area contributed by atoms with Crippen LogP contribution >= 0.6 is 0 Å². The first-order valence-corrected chi connectivity index (χ1v) is 8.15. The molecule has 2 rings (SSSR count). The Kier molecular flexibility index (Phi) is 5.46. The van der Waals surface area contributed by atoms with Crippen LogP contribution in [0, 0.1) is 32.1 Å². The Balaban J connectivity index is 2.76. The van der Waals surface area contributed by atoms with E-state index in [1.807, 2.05) is 38.1 Å². The molecule has 0 N–H and O–H groups in total. The number of ether oxygens (including phenoxy) is 1. The summed E-state index contributed by atoms with van der Waals surface area (Å²) in [4.78, 5) is 13.1. The summed E-state index contributed by atoms with van der Waals surface area (Å²) in [5.74, 6) is 3.33. The molecule has 0 fully saturated rings. The molecule has 1 aromatic carbocycles. The Morgan fingerprint density at radius 1 is 1.25 bits per heavy atom. The van der Waals surface area contributed by atoms with Crippen molar-refractivity contribution in [1.82, 2.24) is 9.78 Å². The van der Waals surface area contributed by atoms with Gasteiger partial charge in [0, 0.05) is 6.54 Å². The summed E-state index contributed by atoms with van der Waals surface area (Å²) in [6, 6.07) is 7.77. The van der Waals surface area contributed by atoms with Crippen LogP contribution in [0.2, 0.25) is 0 Å². The van der Waals surface area contributed by atoms with E-state index in [0.29, 0.717) is 29.5 Å². The zero-order chi connectivity index (χ0) is 17.9. The minimum Gasteiger partial charge on any atom is -0.475 e. The smallest absolute Gasteiger partial charge is 0.278 e. The van der Waals surface area contributed by atoms with Gasteiger partial charge < -0.3 is 4.74 Å². The number of hydrogen-bond acceptors (Lipinski definition) is 3. The number of aryl methyl sites for hydroxylation is 2. The first-order chi connectivity index (χ1) is 11.3. The van der Waals surface area contributed by atoms with E-state index in [4.69, 9.17) is 11.2 Å². The highest BCUT2D eigenvalue weighted by Gasteiger charge is 2.21. The number of aromatic nitrogens is 2. The monoisotopic (exact) mass is 324 g/mol. The first-order valence-electron chi connectivity index (χ1n) is 8.15. The average molecular weight is 324 g/mol. The van der Waals surface area contributed by atoms with Crippen molar-refractivity contribution in [3.63, 3.8) is 0 Å². The maximum atomic E-state index is 13.1. The predicted octanol–water partition coefficient (Wildman–Crippen LogP) is 3.58. The van der Waals surface area contributed by atoms with Crippen LogP contribution in [0.4, 0.5) is 0 Å². The highest BCUT2D eigenvalue weighted by Crippen LogP contribution is 2.31. The molecule has 1 aromatic heterocycles. The van der Waals surface area contributed by atoms with Crippen molar-refractivity contribution in [2.45, 2.75) is 47.3 Å².